The average Bonchev–Trinajstić information content (AvgIpc) is 2.37. The molecule has 0 saturated carbocycles. The number of hydrogen-bond donors (Lipinski definition) is 0. The molecule has 0 heterocycles. The van der Waals surface area contributed by atoms with Crippen LogP contribution >= 0.6 is 0 Å². The maximum atomic E-state index is 3.92. The van der Waals surface area contributed by atoms with Crippen molar-refractivity contribution in [3.63, 3.8) is 0 Å². The van der Waals surface area contributed by atoms with Crippen molar-refractivity contribution in [2.24, 2.45) is 5.41 Å². The zero-order chi connectivity index (χ0) is 13.9. The Morgan fingerprint density at radius 1 is 0.895 bits per heavy atom. The molecule has 2 aromatic carbocycles. The number of hydrogen-bond acceptors (Lipinski definition) is 0. The van der Waals surface area contributed by atoms with E-state index in [2.05, 4.69) is 75.9 Å². The Morgan fingerprint density at radius 2 is 1.47 bits per heavy atom. The normalized spacial score (nSPS) is 11.3. The summed E-state index contributed by atoms with van der Waals surface area (Å²) in [6.07, 6.45) is 3.01. The third-order valence-electron chi connectivity index (χ3n) is 3.21. The molecule has 0 heteroatoms. The van der Waals surface area contributed by atoms with E-state index in [0.29, 0.717) is 5.41 Å². The lowest BCUT2D eigenvalue weighted by atomic mass is 9.84. The molecular weight excluding hydrogens is 228 g/mol. The lowest BCUT2D eigenvalue weighted by molar-refractivity contribution is 0.412. The Bertz CT molecular complexity index is 571. The zero-order valence-corrected chi connectivity index (χ0v) is 12.1. The summed E-state index contributed by atoms with van der Waals surface area (Å²) in [7, 11) is 0. The molecule has 0 amide bonds. The van der Waals surface area contributed by atoms with Gasteiger partial charge in [0.2, 0.25) is 0 Å². The Labute approximate surface area is 116 Å². The Balaban J connectivity index is 2.53. The number of benzene rings is 2. The van der Waals surface area contributed by atoms with Gasteiger partial charge in [-0.2, -0.15) is 0 Å². The van der Waals surface area contributed by atoms with E-state index in [-0.39, 0.29) is 0 Å². The van der Waals surface area contributed by atoms with Gasteiger partial charge >= 0.3 is 0 Å². The molecular formula is C19H22. The van der Waals surface area contributed by atoms with Crippen molar-refractivity contribution in [3.8, 4) is 11.1 Å². The fourth-order valence-electron chi connectivity index (χ4n) is 2.43. The molecule has 98 valence electrons. The Morgan fingerprint density at radius 3 is 2.11 bits per heavy atom. The van der Waals surface area contributed by atoms with Gasteiger partial charge in [-0.25, -0.2) is 0 Å². The largest absolute Gasteiger partial charge is 0.0984 e. The summed E-state index contributed by atoms with van der Waals surface area (Å²) < 4.78 is 0. The van der Waals surface area contributed by atoms with E-state index in [1.54, 1.807) is 0 Å². The Kier molecular flexibility index (Phi) is 3.90. The summed E-state index contributed by atoms with van der Waals surface area (Å²) in [4.78, 5) is 0. The highest BCUT2D eigenvalue weighted by atomic mass is 14.2. The van der Waals surface area contributed by atoms with Gasteiger partial charge in [0.1, 0.15) is 0 Å². The molecule has 0 aliphatic rings. The van der Waals surface area contributed by atoms with Crippen LogP contribution in [-0.2, 0) is 6.42 Å². The molecule has 0 aliphatic carbocycles. The highest BCUT2D eigenvalue weighted by Crippen LogP contribution is 2.31. The fraction of sp³-hybridized carbons (Fsp3) is 0.263. The molecule has 0 fully saturated rings. The van der Waals surface area contributed by atoms with E-state index >= 15 is 0 Å². The summed E-state index contributed by atoms with van der Waals surface area (Å²) in [6.45, 7) is 10.8. The van der Waals surface area contributed by atoms with Crippen LogP contribution in [0.15, 0.2) is 55.1 Å². The number of rotatable bonds is 3. The first-order valence-corrected chi connectivity index (χ1v) is 6.81. The first-order chi connectivity index (χ1) is 9.01. The zero-order valence-electron chi connectivity index (χ0n) is 12.1. The molecule has 0 unspecified atom stereocenters. The van der Waals surface area contributed by atoms with Crippen LogP contribution in [0.25, 0.3) is 17.2 Å². The first-order valence-electron chi connectivity index (χ1n) is 6.81. The van der Waals surface area contributed by atoms with Crippen molar-refractivity contribution in [1.82, 2.24) is 0 Å². The van der Waals surface area contributed by atoms with Gasteiger partial charge in [-0.05, 0) is 34.1 Å². The highest BCUT2D eigenvalue weighted by Gasteiger charge is 2.15. The maximum Gasteiger partial charge on any atom is -0.0109 e. The molecule has 0 nitrogen and oxygen atoms in total. The minimum atomic E-state index is 0.291. The summed E-state index contributed by atoms with van der Waals surface area (Å²) in [6, 6.07) is 17.1. The molecule has 0 bridgehead atoms. The van der Waals surface area contributed by atoms with Gasteiger partial charge in [0.15, 0.2) is 0 Å². The minimum Gasteiger partial charge on any atom is -0.0984 e. The average molecular weight is 250 g/mol. The molecule has 0 N–H and O–H groups in total. The molecule has 0 atom stereocenters. The first kappa shape index (κ1) is 13.6. The molecule has 2 aromatic rings. The predicted molar refractivity (Wildman–Crippen MR) is 85.1 cm³/mol. The van der Waals surface area contributed by atoms with Crippen molar-refractivity contribution in [2.75, 3.05) is 0 Å². The van der Waals surface area contributed by atoms with E-state index < -0.39 is 0 Å². The Hall–Kier alpha value is -1.82. The van der Waals surface area contributed by atoms with Crippen LogP contribution in [0, 0.1) is 5.41 Å². The fourth-order valence-corrected chi connectivity index (χ4v) is 2.43. The van der Waals surface area contributed by atoms with Gasteiger partial charge in [0, 0.05) is 0 Å². The third kappa shape index (κ3) is 3.35. The SMILES string of the molecule is C=Cc1ccccc1-c1ccccc1CC(C)(C)C. The van der Waals surface area contributed by atoms with Crippen molar-refractivity contribution in [2.45, 2.75) is 27.2 Å². The monoisotopic (exact) mass is 250 g/mol. The van der Waals surface area contributed by atoms with Gasteiger partial charge < -0.3 is 0 Å². The van der Waals surface area contributed by atoms with E-state index in [4.69, 9.17) is 0 Å². The van der Waals surface area contributed by atoms with E-state index in [9.17, 15) is 0 Å². The maximum absolute atomic E-state index is 3.92. The van der Waals surface area contributed by atoms with Crippen LogP contribution in [0.1, 0.15) is 31.9 Å². The van der Waals surface area contributed by atoms with Crippen molar-refractivity contribution < 1.29 is 0 Å². The lowest BCUT2D eigenvalue weighted by Crippen LogP contribution is -2.10. The quantitative estimate of drug-likeness (QED) is 0.666. The second kappa shape index (κ2) is 5.44. The van der Waals surface area contributed by atoms with Gasteiger partial charge in [-0.1, -0.05) is 82.0 Å². The minimum absolute atomic E-state index is 0.291. The van der Waals surface area contributed by atoms with Gasteiger partial charge in [-0.15, -0.1) is 0 Å². The van der Waals surface area contributed by atoms with Crippen LogP contribution in [0.4, 0.5) is 0 Å². The van der Waals surface area contributed by atoms with Gasteiger partial charge in [-0.3, -0.25) is 0 Å². The van der Waals surface area contributed by atoms with Crippen LogP contribution in [0.5, 0.6) is 0 Å². The predicted octanol–water partition coefficient (Wildman–Crippen LogP) is 5.59. The van der Waals surface area contributed by atoms with E-state index in [0.717, 1.165) is 6.42 Å². The summed E-state index contributed by atoms with van der Waals surface area (Å²) >= 11 is 0. The summed E-state index contributed by atoms with van der Waals surface area (Å²) in [5.41, 5.74) is 5.50. The molecule has 0 aromatic heterocycles. The summed E-state index contributed by atoms with van der Waals surface area (Å²) in [5.74, 6) is 0. The molecule has 0 saturated heterocycles. The standard InChI is InChI=1S/C19H22/c1-5-15-10-6-8-12-17(15)18-13-9-7-11-16(18)14-19(2,3)4/h5-13H,1,14H2,2-4H3. The van der Waals surface area contributed by atoms with Crippen LogP contribution in [0.3, 0.4) is 0 Å². The van der Waals surface area contributed by atoms with Gasteiger partial charge in [0.05, 0.1) is 0 Å². The lowest BCUT2D eigenvalue weighted by Gasteiger charge is -2.21. The van der Waals surface area contributed by atoms with Crippen LogP contribution in [0.2, 0.25) is 0 Å². The van der Waals surface area contributed by atoms with Crippen molar-refractivity contribution >= 4 is 6.08 Å². The topological polar surface area (TPSA) is 0 Å². The van der Waals surface area contributed by atoms with Crippen LogP contribution < -0.4 is 0 Å². The van der Waals surface area contributed by atoms with E-state index in [1.807, 2.05) is 6.08 Å². The second-order valence-electron chi connectivity index (χ2n) is 6.19. The third-order valence-corrected chi connectivity index (χ3v) is 3.21. The summed E-state index contributed by atoms with van der Waals surface area (Å²) in [5, 5.41) is 0. The molecule has 2 rings (SSSR count). The second-order valence-corrected chi connectivity index (χ2v) is 6.19. The van der Waals surface area contributed by atoms with E-state index in [1.165, 1.54) is 22.3 Å². The molecule has 0 radical (unpaired) electrons. The molecule has 0 spiro atoms. The van der Waals surface area contributed by atoms with Crippen LogP contribution in [-0.4, -0.2) is 0 Å². The highest BCUT2D eigenvalue weighted by molar-refractivity contribution is 5.76. The molecule has 19 heavy (non-hydrogen) atoms. The van der Waals surface area contributed by atoms with Crippen molar-refractivity contribution in [1.29, 1.82) is 0 Å². The van der Waals surface area contributed by atoms with Crippen molar-refractivity contribution in [3.05, 3.63) is 66.2 Å². The smallest absolute Gasteiger partial charge is 0.0109 e. The molecule has 0 aliphatic heterocycles. The van der Waals surface area contributed by atoms with Gasteiger partial charge in [0.25, 0.3) is 0 Å².